The van der Waals surface area contributed by atoms with Gasteiger partial charge in [-0.2, -0.15) is 0 Å². The predicted octanol–water partition coefficient (Wildman–Crippen LogP) is 1.39. The van der Waals surface area contributed by atoms with Crippen LogP contribution in [-0.4, -0.2) is 70.1 Å². The van der Waals surface area contributed by atoms with Crippen molar-refractivity contribution in [1.29, 1.82) is 0 Å². The van der Waals surface area contributed by atoms with Gasteiger partial charge < -0.3 is 24.8 Å². The summed E-state index contributed by atoms with van der Waals surface area (Å²) in [5.74, 6) is 0.830. The van der Waals surface area contributed by atoms with Gasteiger partial charge in [0.25, 0.3) is 0 Å². The van der Waals surface area contributed by atoms with Gasteiger partial charge in [0.1, 0.15) is 5.75 Å². The molecule has 1 aliphatic rings. The molecule has 2 rings (SSSR count). The third-order valence-electron chi connectivity index (χ3n) is 4.39. The maximum absolute atomic E-state index is 11.5. The van der Waals surface area contributed by atoms with Crippen LogP contribution in [0.4, 0.5) is 9.59 Å². The highest BCUT2D eigenvalue weighted by Gasteiger charge is 2.29. The van der Waals surface area contributed by atoms with Crippen molar-refractivity contribution < 1.29 is 23.8 Å². The Hall–Kier alpha value is -2.48. The number of carbonyl (C=O) groups is 2. The Balaban J connectivity index is 1.97. The van der Waals surface area contributed by atoms with E-state index in [0.29, 0.717) is 19.5 Å². The quantitative estimate of drug-likeness (QED) is 0.792. The second-order valence-electron chi connectivity index (χ2n) is 6.26. The second kappa shape index (κ2) is 9.86. The number of rotatable bonds is 6. The first-order valence-electron chi connectivity index (χ1n) is 8.58. The third kappa shape index (κ3) is 6.11. The van der Waals surface area contributed by atoms with E-state index >= 15 is 0 Å². The van der Waals surface area contributed by atoms with Crippen LogP contribution < -0.4 is 15.4 Å². The van der Waals surface area contributed by atoms with E-state index < -0.39 is 12.2 Å². The molecular formula is C18H27N3O5. The van der Waals surface area contributed by atoms with E-state index in [-0.39, 0.29) is 12.1 Å². The average molecular weight is 365 g/mol. The topological polar surface area (TPSA) is 89.1 Å². The Labute approximate surface area is 153 Å². The molecule has 2 unspecified atom stereocenters. The molecular weight excluding hydrogens is 338 g/mol. The summed E-state index contributed by atoms with van der Waals surface area (Å²) in [5.41, 5.74) is 1.17. The Bertz CT molecular complexity index is 584. The zero-order valence-corrected chi connectivity index (χ0v) is 15.5. The number of ether oxygens (including phenoxy) is 3. The van der Waals surface area contributed by atoms with Gasteiger partial charge in [0.05, 0.1) is 21.3 Å². The Kier molecular flexibility index (Phi) is 7.53. The molecule has 0 spiro atoms. The lowest BCUT2D eigenvalue weighted by Gasteiger charge is -2.37. The van der Waals surface area contributed by atoms with Crippen molar-refractivity contribution in [3.63, 3.8) is 0 Å². The summed E-state index contributed by atoms with van der Waals surface area (Å²) in [6.45, 7) is 2.18. The van der Waals surface area contributed by atoms with Crippen molar-refractivity contribution in [2.45, 2.75) is 24.9 Å². The van der Waals surface area contributed by atoms with Crippen molar-refractivity contribution in [2.24, 2.45) is 0 Å². The standard InChI is InChI=1S/C18H27N3O5/c1-24-16-6-4-5-13(9-16)7-8-21-11-14(19-17(22)25-2)10-15(12-21)20-18(23)26-3/h4-6,9,14-15H,7-8,10-12H2,1-3H3,(H,19,22)(H,20,23). The molecule has 0 radical (unpaired) electrons. The molecule has 0 aromatic heterocycles. The first-order valence-corrected chi connectivity index (χ1v) is 8.58. The molecule has 144 valence electrons. The van der Waals surface area contributed by atoms with Crippen LogP contribution in [0.5, 0.6) is 5.75 Å². The number of methoxy groups -OCH3 is 3. The highest BCUT2D eigenvalue weighted by atomic mass is 16.5. The monoisotopic (exact) mass is 365 g/mol. The molecule has 1 aromatic rings. The molecule has 2 N–H and O–H groups in total. The summed E-state index contributed by atoms with van der Waals surface area (Å²) in [4.78, 5) is 25.3. The number of piperidine rings is 1. The fourth-order valence-corrected chi connectivity index (χ4v) is 3.15. The minimum Gasteiger partial charge on any atom is -0.497 e. The van der Waals surface area contributed by atoms with E-state index in [4.69, 9.17) is 4.74 Å². The number of nitrogens with zero attached hydrogens (tertiary/aromatic N) is 1. The molecule has 2 atom stereocenters. The fourth-order valence-electron chi connectivity index (χ4n) is 3.15. The molecule has 8 heteroatoms. The van der Waals surface area contributed by atoms with Gasteiger partial charge in [0, 0.05) is 31.7 Å². The minimum atomic E-state index is -0.471. The van der Waals surface area contributed by atoms with Gasteiger partial charge >= 0.3 is 12.2 Å². The van der Waals surface area contributed by atoms with Gasteiger partial charge in [-0.1, -0.05) is 12.1 Å². The van der Waals surface area contributed by atoms with Crippen LogP contribution in [-0.2, 0) is 15.9 Å². The smallest absolute Gasteiger partial charge is 0.407 e. The summed E-state index contributed by atoms with van der Waals surface area (Å²) in [5, 5.41) is 5.64. The van der Waals surface area contributed by atoms with Gasteiger partial charge in [0.2, 0.25) is 0 Å². The van der Waals surface area contributed by atoms with E-state index in [9.17, 15) is 9.59 Å². The summed E-state index contributed by atoms with van der Waals surface area (Å²) in [6, 6.07) is 7.73. The zero-order chi connectivity index (χ0) is 18.9. The molecule has 1 saturated heterocycles. The summed E-state index contributed by atoms with van der Waals surface area (Å²) < 4.78 is 14.6. The molecule has 8 nitrogen and oxygen atoms in total. The van der Waals surface area contributed by atoms with Gasteiger partial charge in [-0.25, -0.2) is 9.59 Å². The molecule has 1 aromatic carbocycles. The van der Waals surface area contributed by atoms with Crippen LogP contribution in [0.3, 0.4) is 0 Å². The second-order valence-corrected chi connectivity index (χ2v) is 6.26. The van der Waals surface area contributed by atoms with E-state index in [2.05, 4.69) is 31.1 Å². The number of nitrogens with one attached hydrogen (secondary N) is 2. The highest BCUT2D eigenvalue weighted by molar-refractivity contribution is 5.68. The number of likely N-dealkylation sites (tertiary alicyclic amines) is 1. The third-order valence-corrected chi connectivity index (χ3v) is 4.39. The van der Waals surface area contributed by atoms with Gasteiger partial charge in [-0.3, -0.25) is 4.90 Å². The van der Waals surface area contributed by atoms with Gasteiger partial charge in [-0.05, 0) is 30.5 Å². The van der Waals surface area contributed by atoms with Crippen molar-refractivity contribution in [3.8, 4) is 5.75 Å². The van der Waals surface area contributed by atoms with E-state index in [0.717, 1.165) is 18.7 Å². The highest BCUT2D eigenvalue weighted by Crippen LogP contribution is 2.16. The minimum absolute atomic E-state index is 0.108. The number of amides is 2. The molecule has 1 aliphatic heterocycles. The van der Waals surface area contributed by atoms with Crippen LogP contribution in [0.15, 0.2) is 24.3 Å². The lowest BCUT2D eigenvalue weighted by molar-refractivity contribution is 0.126. The SMILES string of the molecule is COC(=O)NC1CC(NC(=O)OC)CN(CCc2cccc(OC)c2)C1. The first-order chi connectivity index (χ1) is 12.5. The van der Waals surface area contributed by atoms with Gasteiger partial charge in [0.15, 0.2) is 0 Å². The summed E-state index contributed by atoms with van der Waals surface area (Å²) >= 11 is 0. The van der Waals surface area contributed by atoms with Crippen LogP contribution in [0.25, 0.3) is 0 Å². The van der Waals surface area contributed by atoms with Crippen LogP contribution in [0, 0.1) is 0 Å². The van der Waals surface area contributed by atoms with E-state index in [1.165, 1.54) is 19.8 Å². The zero-order valence-electron chi connectivity index (χ0n) is 15.5. The van der Waals surface area contributed by atoms with Gasteiger partial charge in [-0.15, -0.1) is 0 Å². The summed E-state index contributed by atoms with van der Waals surface area (Å²) in [7, 11) is 4.32. The lowest BCUT2D eigenvalue weighted by Crippen LogP contribution is -2.57. The Morgan fingerprint density at radius 1 is 1.08 bits per heavy atom. The van der Waals surface area contributed by atoms with Crippen molar-refractivity contribution in [3.05, 3.63) is 29.8 Å². The first kappa shape index (κ1) is 19.8. The molecule has 0 aliphatic carbocycles. The van der Waals surface area contributed by atoms with Crippen LogP contribution in [0.2, 0.25) is 0 Å². The molecule has 1 fully saturated rings. The Morgan fingerprint density at radius 3 is 2.23 bits per heavy atom. The number of alkyl carbamates (subject to hydrolysis) is 2. The molecule has 2 amide bonds. The molecule has 0 bridgehead atoms. The molecule has 0 saturated carbocycles. The summed E-state index contributed by atoms with van der Waals surface area (Å²) in [6.07, 6.45) is 0.523. The van der Waals surface area contributed by atoms with Crippen LogP contribution in [0.1, 0.15) is 12.0 Å². The van der Waals surface area contributed by atoms with Crippen LogP contribution >= 0.6 is 0 Å². The normalized spacial score (nSPS) is 20.1. The Morgan fingerprint density at radius 2 is 1.69 bits per heavy atom. The number of benzene rings is 1. The van der Waals surface area contributed by atoms with E-state index in [1.807, 2.05) is 18.2 Å². The maximum Gasteiger partial charge on any atom is 0.407 e. The predicted molar refractivity (Wildman–Crippen MR) is 96.4 cm³/mol. The van der Waals surface area contributed by atoms with Crippen molar-refractivity contribution >= 4 is 12.2 Å². The number of carbonyl (C=O) groups excluding carboxylic acids is 2. The average Bonchev–Trinajstić information content (AvgIpc) is 2.66. The number of hydrogen-bond acceptors (Lipinski definition) is 6. The molecule has 26 heavy (non-hydrogen) atoms. The maximum atomic E-state index is 11.5. The number of hydrogen-bond donors (Lipinski definition) is 2. The lowest BCUT2D eigenvalue weighted by atomic mass is 10.00. The molecule has 1 heterocycles. The van der Waals surface area contributed by atoms with Crippen molar-refractivity contribution in [2.75, 3.05) is 41.0 Å². The fraction of sp³-hybridized carbons (Fsp3) is 0.556. The van der Waals surface area contributed by atoms with E-state index in [1.54, 1.807) is 7.11 Å². The largest absolute Gasteiger partial charge is 0.497 e. The van der Waals surface area contributed by atoms with Crippen molar-refractivity contribution in [1.82, 2.24) is 15.5 Å².